The molecule has 178 valence electrons. The van der Waals surface area contributed by atoms with E-state index in [0.29, 0.717) is 36.9 Å². The van der Waals surface area contributed by atoms with Crippen LogP contribution in [-0.4, -0.2) is 48.9 Å². The number of carbonyl (C=O) groups excluding carboxylic acids is 2. The molecule has 5 heteroatoms. The lowest BCUT2D eigenvalue weighted by Gasteiger charge is -2.27. The van der Waals surface area contributed by atoms with E-state index in [1.54, 1.807) is 0 Å². The van der Waals surface area contributed by atoms with Crippen molar-refractivity contribution in [1.29, 1.82) is 0 Å². The fourth-order valence-electron chi connectivity index (χ4n) is 3.59. The molecule has 0 aromatic heterocycles. The Bertz CT molecular complexity index is 479. The first kappa shape index (κ1) is 29.2. The Kier molecular flexibility index (Phi) is 14.7. The molecule has 0 amide bonds. The summed E-state index contributed by atoms with van der Waals surface area (Å²) >= 11 is 0. The van der Waals surface area contributed by atoms with Gasteiger partial charge in [0.25, 0.3) is 0 Å². The lowest BCUT2D eigenvalue weighted by molar-refractivity contribution is -0.126. The molecule has 0 saturated heterocycles. The summed E-state index contributed by atoms with van der Waals surface area (Å²) in [6.45, 7) is 21.8. The maximum Gasteiger partial charge on any atom is 0.154 e. The van der Waals surface area contributed by atoms with Crippen molar-refractivity contribution in [2.75, 3.05) is 13.2 Å². The van der Waals surface area contributed by atoms with Gasteiger partial charge in [0.15, 0.2) is 11.6 Å². The first-order valence-corrected chi connectivity index (χ1v) is 12.0. The number of ether oxygens (including phenoxy) is 1. The summed E-state index contributed by atoms with van der Waals surface area (Å²) in [6, 6.07) is 0.0698. The summed E-state index contributed by atoms with van der Waals surface area (Å²) in [5.74, 6) is 1.39. The molecule has 0 unspecified atom stereocenters. The maximum atomic E-state index is 13.0. The molecule has 0 bridgehead atoms. The lowest BCUT2D eigenvalue weighted by atomic mass is 9.89. The van der Waals surface area contributed by atoms with Crippen LogP contribution in [0.5, 0.6) is 0 Å². The van der Waals surface area contributed by atoms with Gasteiger partial charge in [0, 0.05) is 30.5 Å². The van der Waals surface area contributed by atoms with Crippen molar-refractivity contribution in [3.8, 4) is 0 Å². The van der Waals surface area contributed by atoms with Gasteiger partial charge in [-0.1, -0.05) is 62.3 Å². The van der Waals surface area contributed by atoms with Gasteiger partial charge in [-0.25, -0.2) is 0 Å². The highest BCUT2D eigenvalue weighted by atomic mass is 16.5. The Morgan fingerprint density at radius 3 is 1.77 bits per heavy atom. The van der Waals surface area contributed by atoms with Crippen molar-refractivity contribution in [2.45, 2.75) is 113 Å². The Labute approximate surface area is 186 Å². The average Bonchev–Trinajstić information content (AvgIpc) is 2.62. The van der Waals surface area contributed by atoms with Gasteiger partial charge < -0.3 is 15.4 Å². The molecule has 2 N–H and O–H groups in total. The monoisotopic (exact) mass is 426 g/mol. The van der Waals surface area contributed by atoms with Crippen LogP contribution in [0.25, 0.3) is 0 Å². The third-order valence-corrected chi connectivity index (χ3v) is 5.24. The van der Waals surface area contributed by atoms with Crippen LogP contribution in [0.1, 0.15) is 88.5 Å². The first-order chi connectivity index (χ1) is 13.8. The normalized spacial score (nSPS) is 16.3. The highest BCUT2D eigenvalue weighted by molar-refractivity contribution is 5.86. The van der Waals surface area contributed by atoms with Crippen molar-refractivity contribution in [3.63, 3.8) is 0 Å². The van der Waals surface area contributed by atoms with Crippen LogP contribution >= 0.6 is 0 Å². The van der Waals surface area contributed by atoms with E-state index in [1.807, 2.05) is 20.8 Å². The van der Waals surface area contributed by atoms with Gasteiger partial charge in [-0.3, -0.25) is 9.59 Å². The summed E-state index contributed by atoms with van der Waals surface area (Å²) < 4.78 is 5.75. The molecular formula is C25H50N2O3. The number of rotatable bonds is 17. The molecule has 0 heterocycles. The molecule has 0 aromatic carbocycles. The number of Topliss-reactive ketones (excluding diaryl/α,β-unsaturated/α-hetero) is 2. The minimum Gasteiger partial charge on any atom is -0.379 e. The van der Waals surface area contributed by atoms with Crippen LogP contribution in [0.15, 0.2) is 0 Å². The Morgan fingerprint density at radius 2 is 1.30 bits per heavy atom. The third-order valence-electron chi connectivity index (χ3n) is 5.24. The number of hydrogen-bond acceptors (Lipinski definition) is 5. The zero-order valence-electron chi connectivity index (χ0n) is 21.4. The molecule has 4 atom stereocenters. The van der Waals surface area contributed by atoms with Gasteiger partial charge in [-0.15, -0.1) is 0 Å². The molecule has 30 heavy (non-hydrogen) atoms. The number of ketones is 2. The second-order valence-electron chi connectivity index (χ2n) is 10.5. The average molecular weight is 427 g/mol. The Hall–Kier alpha value is -0.780. The number of nitrogens with one attached hydrogen (secondary N) is 2. The van der Waals surface area contributed by atoms with Crippen molar-refractivity contribution in [2.24, 2.45) is 23.7 Å². The van der Waals surface area contributed by atoms with Gasteiger partial charge in [0.1, 0.15) is 0 Å². The minimum atomic E-state index is -0.291. The van der Waals surface area contributed by atoms with Gasteiger partial charge >= 0.3 is 0 Å². The standard InChI is InChI=1S/C25H50N2O3/c1-16(2)13-22(26-19(7)8)25(29)20(9)11-12-21(10)27-23(24(28)18(5)6)15-30-14-17(3)4/h16-23,26-27H,11-15H2,1-10H3/t20-,21+,22+,23+/m1/s1. The zero-order chi connectivity index (χ0) is 23.4. The maximum absolute atomic E-state index is 13.0. The fourth-order valence-corrected chi connectivity index (χ4v) is 3.59. The van der Waals surface area contributed by atoms with E-state index in [-0.39, 0.29) is 35.7 Å². The highest BCUT2D eigenvalue weighted by Crippen LogP contribution is 2.17. The van der Waals surface area contributed by atoms with Crippen LogP contribution in [0.3, 0.4) is 0 Å². The number of hydrogen-bond donors (Lipinski definition) is 2. The molecule has 0 aliphatic carbocycles. The van der Waals surface area contributed by atoms with Gasteiger partial charge in [-0.2, -0.15) is 0 Å². The molecule has 0 aliphatic heterocycles. The summed E-state index contributed by atoms with van der Waals surface area (Å²) in [5, 5.41) is 6.90. The van der Waals surface area contributed by atoms with Gasteiger partial charge in [0.2, 0.25) is 0 Å². The molecule has 0 fully saturated rings. The Morgan fingerprint density at radius 1 is 0.700 bits per heavy atom. The summed E-state index contributed by atoms with van der Waals surface area (Å²) in [7, 11) is 0. The molecule has 0 aromatic rings. The van der Waals surface area contributed by atoms with E-state index in [9.17, 15) is 9.59 Å². The van der Waals surface area contributed by atoms with Crippen molar-refractivity contribution >= 4 is 11.6 Å². The van der Waals surface area contributed by atoms with Gasteiger partial charge in [-0.05, 0) is 38.0 Å². The largest absolute Gasteiger partial charge is 0.379 e. The summed E-state index contributed by atoms with van der Waals surface area (Å²) in [4.78, 5) is 25.6. The predicted molar refractivity (Wildman–Crippen MR) is 127 cm³/mol. The van der Waals surface area contributed by atoms with Crippen LogP contribution in [0.4, 0.5) is 0 Å². The molecule has 0 aliphatic rings. The molecule has 0 spiro atoms. The predicted octanol–water partition coefficient (Wildman–Crippen LogP) is 4.63. The van der Waals surface area contributed by atoms with Crippen LogP contribution in [-0.2, 0) is 14.3 Å². The lowest BCUT2D eigenvalue weighted by Crippen LogP contribution is -2.47. The quantitative estimate of drug-likeness (QED) is 0.355. The molecule has 0 saturated carbocycles. The van der Waals surface area contributed by atoms with Crippen LogP contribution in [0, 0.1) is 23.7 Å². The molecule has 0 radical (unpaired) electrons. The first-order valence-electron chi connectivity index (χ1n) is 12.0. The van der Waals surface area contributed by atoms with E-state index in [1.165, 1.54) is 0 Å². The molecule has 0 rings (SSSR count). The second-order valence-corrected chi connectivity index (χ2v) is 10.5. The third kappa shape index (κ3) is 12.8. The minimum absolute atomic E-state index is 0.000640. The van der Waals surface area contributed by atoms with Crippen LogP contribution in [0.2, 0.25) is 0 Å². The zero-order valence-corrected chi connectivity index (χ0v) is 21.4. The van der Waals surface area contributed by atoms with E-state index in [4.69, 9.17) is 4.74 Å². The van der Waals surface area contributed by atoms with E-state index in [2.05, 4.69) is 59.1 Å². The van der Waals surface area contributed by atoms with Crippen molar-refractivity contribution < 1.29 is 14.3 Å². The Balaban J connectivity index is 4.77. The van der Waals surface area contributed by atoms with E-state index >= 15 is 0 Å². The fraction of sp³-hybridized carbons (Fsp3) is 0.920. The summed E-state index contributed by atoms with van der Waals surface area (Å²) in [6.07, 6.45) is 2.54. The van der Waals surface area contributed by atoms with Gasteiger partial charge in [0.05, 0.1) is 18.7 Å². The van der Waals surface area contributed by atoms with E-state index < -0.39 is 0 Å². The molecule has 5 nitrogen and oxygen atoms in total. The summed E-state index contributed by atoms with van der Waals surface area (Å²) in [5.41, 5.74) is 0. The molecular weight excluding hydrogens is 376 g/mol. The second kappa shape index (κ2) is 15.1. The highest BCUT2D eigenvalue weighted by Gasteiger charge is 2.27. The van der Waals surface area contributed by atoms with E-state index in [0.717, 1.165) is 19.3 Å². The SMILES string of the molecule is CC(C)COC[C@H](N[C@@H](C)CC[C@@H](C)C(=O)[C@H](CC(C)C)NC(C)C)C(=O)C(C)C. The van der Waals surface area contributed by atoms with Crippen LogP contribution < -0.4 is 10.6 Å². The topological polar surface area (TPSA) is 67.4 Å². The van der Waals surface area contributed by atoms with Crippen molar-refractivity contribution in [3.05, 3.63) is 0 Å². The van der Waals surface area contributed by atoms with Crippen molar-refractivity contribution in [1.82, 2.24) is 10.6 Å². The smallest absolute Gasteiger partial charge is 0.154 e. The number of carbonyl (C=O) groups is 2.